The highest BCUT2D eigenvalue weighted by Crippen LogP contribution is 2.23. The van der Waals surface area contributed by atoms with Gasteiger partial charge in [-0.15, -0.1) is 0 Å². The van der Waals surface area contributed by atoms with Crippen molar-refractivity contribution in [3.63, 3.8) is 0 Å². The number of benzene rings is 2. The Bertz CT molecular complexity index is 809. The van der Waals surface area contributed by atoms with Gasteiger partial charge in [-0.1, -0.05) is 29.8 Å². The molecule has 0 fully saturated rings. The van der Waals surface area contributed by atoms with Crippen LogP contribution in [0.3, 0.4) is 0 Å². The van der Waals surface area contributed by atoms with Crippen LogP contribution in [0.15, 0.2) is 48.8 Å². The average Bonchev–Trinajstić information content (AvgIpc) is 2.92. The lowest BCUT2D eigenvalue weighted by Crippen LogP contribution is -2.00. The Morgan fingerprint density at radius 2 is 1.67 bits per heavy atom. The summed E-state index contributed by atoms with van der Waals surface area (Å²) in [6.45, 7) is 1.96. The van der Waals surface area contributed by atoms with Crippen LogP contribution >= 0.6 is 0 Å². The molecule has 3 aromatic rings. The van der Waals surface area contributed by atoms with Crippen molar-refractivity contribution >= 4 is 0 Å². The third kappa shape index (κ3) is 2.54. The van der Waals surface area contributed by atoms with E-state index in [0.29, 0.717) is 6.07 Å². The van der Waals surface area contributed by atoms with Gasteiger partial charge >= 0.3 is 0 Å². The largest absolute Gasteiger partial charge is 0.237 e. The summed E-state index contributed by atoms with van der Waals surface area (Å²) in [5.74, 6) is -3.20. The molecule has 1 heterocycles. The fourth-order valence-corrected chi connectivity index (χ4v) is 2.12. The first-order valence-corrected chi connectivity index (χ1v) is 6.31. The monoisotopic (exact) mass is 288 g/mol. The zero-order valence-electron chi connectivity index (χ0n) is 11.1. The fourth-order valence-electron chi connectivity index (χ4n) is 2.12. The number of hydrogen-bond acceptors (Lipinski definition) is 1. The first-order valence-electron chi connectivity index (χ1n) is 6.31. The molecule has 0 aliphatic heterocycles. The maximum Gasteiger partial charge on any atom is 0.161 e. The van der Waals surface area contributed by atoms with Crippen molar-refractivity contribution in [3.05, 3.63) is 71.8 Å². The van der Waals surface area contributed by atoms with Gasteiger partial charge in [-0.25, -0.2) is 17.9 Å². The van der Waals surface area contributed by atoms with Crippen LogP contribution in [-0.2, 0) is 0 Å². The number of halogens is 3. The molecule has 0 aliphatic carbocycles. The van der Waals surface area contributed by atoms with E-state index in [-0.39, 0.29) is 5.69 Å². The Balaban J connectivity index is 2.05. The van der Waals surface area contributed by atoms with E-state index in [4.69, 9.17) is 0 Å². The van der Waals surface area contributed by atoms with Gasteiger partial charge in [0.15, 0.2) is 17.5 Å². The molecule has 0 radical (unpaired) electrons. The molecule has 2 nitrogen and oxygen atoms in total. The summed E-state index contributed by atoms with van der Waals surface area (Å²) < 4.78 is 41.1. The van der Waals surface area contributed by atoms with Crippen LogP contribution in [0.25, 0.3) is 16.8 Å². The Labute approximate surface area is 119 Å². The third-order valence-electron chi connectivity index (χ3n) is 3.17. The molecule has 0 saturated heterocycles. The molecule has 1 aromatic heterocycles. The molecular weight excluding hydrogens is 277 g/mol. The minimum absolute atomic E-state index is 0.132. The Morgan fingerprint density at radius 1 is 0.905 bits per heavy atom. The normalized spacial score (nSPS) is 10.9. The second-order valence-electron chi connectivity index (χ2n) is 4.76. The van der Waals surface area contributed by atoms with E-state index in [0.717, 1.165) is 22.8 Å². The van der Waals surface area contributed by atoms with Gasteiger partial charge in [0.05, 0.1) is 6.20 Å². The molecule has 0 atom stereocenters. The maximum absolute atomic E-state index is 13.7. The predicted molar refractivity (Wildman–Crippen MR) is 73.6 cm³/mol. The SMILES string of the molecule is Cc1cccc(-c2cnn(-c3cc(F)c(F)cc3F)c2)c1. The fraction of sp³-hybridized carbons (Fsp3) is 0.0625. The summed E-state index contributed by atoms with van der Waals surface area (Å²) in [5.41, 5.74) is 2.64. The molecule has 0 N–H and O–H groups in total. The van der Waals surface area contributed by atoms with Crippen LogP contribution < -0.4 is 0 Å². The molecule has 5 heteroatoms. The third-order valence-corrected chi connectivity index (χ3v) is 3.17. The predicted octanol–water partition coefficient (Wildman–Crippen LogP) is 4.27. The number of nitrogens with zero attached hydrogens (tertiary/aromatic N) is 2. The Kier molecular flexibility index (Phi) is 3.25. The molecule has 0 saturated carbocycles. The Morgan fingerprint density at radius 3 is 2.43 bits per heavy atom. The van der Waals surface area contributed by atoms with Crippen molar-refractivity contribution < 1.29 is 13.2 Å². The molecule has 2 aromatic carbocycles. The summed E-state index contributed by atoms with van der Waals surface area (Å²) in [4.78, 5) is 0. The van der Waals surface area contributed by atoms with Crippen LogP contribution in [0.2, 0.25) is 0 Å². The quantitative estimate of drug-likeness (QED) is 0.644. The minimum atomic E-state index is -1.22. The van der Waals surface area contributed by atoms with Gasteiger partial charge in [0, 0.05) is 23.9 Å². The van der Waals surface area contributed by atoms with Crippen molar-refractivity contribution in [3.8, 4) is 16.8 Å². The first-order chi connectivity index (χ1) is 10.0. The second-order valence-corrected chi connectivity index (χ2v) is 4.76. The standard InChI is InChI=1S/C16H11F3N2/c1-10-3-2-4-11(5-10)12-8-20-21(9-12)16-7-14(18)13(17)6-15(16)19/h2-9H,1H3. The van der Waals surface area contributed by atoms with E-state index in [2.05, 4.69) is 5.10 Å². The van der Waals surface area contributed by atoms with E-state index >= 15 is 0 Å². The molecule has 21 heavy (non-hydrogen) atoms. The smallest absolute Gasteiger partial charge is 0.161 e. The van der Waals surface area contributed by atoms with Gasteiger partial charge in [0.25, 0.3) is 0 Å². The minimum Gasteiger partial charge on any atom is -0.237 e. The lowest BCUT2D eigenvalue weighted by atomic mass is 10.1. The van der Waals surface area contributed by atoms with Crippen molar-refractivity contribution in [2.45, 2.75) is 6.92 Å². The number of aryl methyl sites for hydroxylation is 1. The van der Waals surface area contributed by atoms with Crippen LogP contribution in [0, 0.1) is 24.4 Å². The van der Waals surface area contributed by atoms with Gasteiger partial charge in [-0.2, -0.15) is 5.10 Å². The Hall–Kier alpha value is -2.56. The molecule has 3 rings (SSSR count). The van der Waals surface area contributed by atoms with Crippen molar-refractivity contribution in [1.29, 1.82) is 0 Å². The van der Waals surface area contributed by atoms with E-state index in [1.807, 2.05) is 31.2 Å². The summed E-state index contributed by atoms with van der Waals surface area (Å²) in [6, 6.07) is 9.03. The summed E-state index contributed by atoms with van der Waals surface area (Å²) in [6.07, 6.45) is 3.13. The lowest BCUT2D eigenvalue weighted by Gasteiger charge is -2.04. The highest BCUT2D eigenvalue weighted by molar-refractivity contribution is 5.63. The van der Waals surface area contributed by atoms with Crippen LogP contribution in [0.5, 0.6) is 0 Å². The summed E-state index contributed by atoms with van der Waals surface area (Å²) in [5, 5.41) is 4.01. The molecule has 0 spiro atoms. The highest BCUT2D eigenvalue weighted by atomic mass is 19.2. The van der Waals surface area contributed by atoms with Gasteiger partial charge in [-0.3, -0.25) is 0 Å². The zero-order chi connectivity index (χ0) is 15.0. The van der Waals surface area contributed by atoms with Gasteiger partial charge in [-0.05, 0) is 12.5 Å². The van der Waals surface area contributed by atoms with Crippen LogP contribution in [0.4, 0.5) is 13.2 Å². The topological polar surface area (TPSA) is 17.8 Å². The van der Waals surface area contributed by atoms with Gasteiger partial charge < -0.3 is 0 Å². The van der Waals surface area contributed by atoms with Crippen molar-refractivity contribution in [1.82, 2.24) is 9.78 Å². The van der Waals surface area contributed by atoms with Crippen molar-refractivity contribution in [2.24, 2.45) is 0 Å². The summed E-state index contributed by atoms with van der Waals surface area (Å²) in [7, 11) is 0. The zero-order valence-corrected chi connectivity index (χ0v) is 11.1. The molecule has 0 unspecified atom stereocenters. The maximum atomic E-state index is 13.7. The van der Waals surface area contributed by atoms with E-state index in [9.17, 15) is 13.2 Å². The van der Waals surface area contributed by atoms with E-state index < -0.39 is 17.5 Å². The average molecular weight is 288 g/mol. The first kappa shape index (κ1) is 13.4. The van der Waals surface area contributed by atoms with E-state index in [1.54, 1.807) is 12.4 Å². The van der Waals surface area contributed by atoms with Gasteiger partial charge in [0.1, 0.15) is 5.69 Å². The molecular formula is C16H11F3N2. The van der Waals surface area contributed by atoms with Crippen molar-refractivity contribution in [2.75, 3.05) is 0 Å². The van der Waals surface area contributed by atoms with Crippen LogP contribution in [0.1, 0.15) is 5.56 Å². The van der Waals surface area contributed by atoms with Gasteiger partial charge in [0.2, 0.25) is 0 Å². The molecule has 106 valence electrons. The molecule has 0 bridgehead atoms. The second kappa shape index (κ2) is 5.09. The lowest BCUT2D eigenvalue weighted by molar-refractivity contribution is 0.491. The number of hydrogen-bond donors (Lipinski definition) is 0. The number of rotatable bonds is 2. The molecule has 0 amide bonds. The number of aromatic nitrogens is 2. The summed E-state index contributed by atoms with van der Waals surface area (Å²) >= 11 is 0. The van der Waals surface area contributed by atoms with Crippen LogP contribution in [-0.4, -0.2) is 9.78 Å². The molecule has 0 aliphatic rings. The van der Waals surface area contributed by atoms with E-state index in [1.165, 1.54) is 4.68 Å². The highest BCUT2D eigenvalue weighted by Gasteiger charge is 2.13.